The maximum absolute atomic E-state index is 13.0. The van der Waals surface area contributed by atoms with Crippen LogP contribution in [0.15, 0.2) is 70.6 Å². The molecule has 0 aliphatic carbocycles. The van der Waals surface area contributed by atoms with Gasteiger partial charge in [-0.1, -0.05) is 60.3 Å². The van der Waals surface area contributed by atoms with Crippen LogP contribution in [0.5, 0.6) is 0 Å². The largest absolute Gasteiger partial charge is 0.319 e. The van der Waals surface area contributed by atoms with E-state index in [1.165, 1.54) is 11.8 Å². The van der Waals surface area contributed by atoms with Crippen molar-refractivity contribution in [1.29, 1.82) is 0 Å². The summed E-state index contributed by atoms with van der Waals surface area (Å²) >= 11 is 1.31. The van der Waals surface area contributed by atoms with E-state index in [-0.39, 0.29) is 22.9 Å². The normalized spacial score (nSPS) is 11.0. The number of hydrogen-bond acceptors (Lipinski definition) is 5. The van der Waals surface area contributed by atoms with Crippen molar-refractivity contribution >= 4 is 23.4 Å². The van der Waals surface area contributed by atoms with Gasteiger partial charge in [0.05, 0.1) is 17.1 Å². The highest BCUT2D eigenvalue weighted by Gasteiger charge is 2.19. The summed E-state index contributed by atoms with van der Waals surface area (Å²) in [7, 11) is 1.80. The second kappa shape index (κ2) is 9.91. The quantitative estimate of drug-likeness (QED) is 0.406. The van der Waals surface area contributed by atoms with Crippen molar-refractivity contribution in [2.45, 2.75) is 32.0 Å². The van der Waals surface area contributed by atoms with E-state index in [2.05, 4.69) is 27.6 Å². The van der Waals surface area contributed by atoms with Crippen LogP contribution < -0.4 is 10.9 Å². The number of carbonyl (C=O) groups is 1. The first-order valence-corrected chi connectivity index (χ1v) is 11.7. The van der Waals surface area contributed by atoms with Crippen LogP contribution in [-0.2, 0) is 24.8 Å². The lowest BCUT2D eigenvalue weighted by molar-refractivity contribution is -0.113. The Kier molecular flexibility index (Phi) is 6.79. The van der Waals surface area contributed by atoms with Gasteiger partial charge >= 0.3 is 0 Å². The molecule has 2 aromatic heterocycles. The molecule has 0 fully saturated rings. The second-order valence-corrected chi connectivity index (χ2v) is 8.52. The van der Waals surface area contributed by atoms with E-state index in [1.54, 1.807) is 16.4 Å². The molecule has 1 N–H and O–H groups in total. The lowest BCUT2D eigenvalue weighted by Crippen LogP contribution is -2.23. The summed E-state index contributed by atoms with van der Waals surface area (Å²) in [4.78, 5) is 25.7. The van der Waals surface area contributed by atoms with E-state index in [0.717, 1.165) is 17.1 Å². The third kappa shape index (κ3) is 4.78. The Labute approximate surface area is 196 Å². The molecule has 9 heteroatoms. The highest BCUT2D eigenvalue weighted by atomic mass is 32.2. The van der Waals surface area contributed by atoms with Gasteiger partial charge in [-0.2, -0.15) is 0 Å². The third-order valence-corrected chi connectivity index (χ3v) is 6.43. The number of carbonyl (C=O) groups excluding carboxylic acids is 1. The van der Waals surface area contributed by atoms with Crippen molar-refractivity contribution in [3.63, 3.8) is 0 Å². The van der Waals surface area contributed by atoms with Gasteiger partial charge in [0.2, 0.25) is 5.91 Å². The van der Waals surface area contributed by atoms with Crippen molar-refractivity contribution in [2.24, 2.45) is 7.05 Å². The zero-order chi connectivity index (χ0) is 23.4. The molecule has 170 valence electrons. The third-order valence-electron chi connectivity index (χ3n) is 5.47. The predicted molar refractivity (Wildman–Crippen MR) is 130 cm³/mol. The SMILES string of the molecule is CCn1c(Cc2ccccc2)nnc1SCC(=O)Nc1c(C)n(C)n(-c2ccccc2)c1=O. The van der Waals surface area contributed by atoms with Crippen molar-refractivity contribution in [1.82, 2.24) is 24.1 Å². The van der Waals surface area contributed by atoms with Gasteiger partial charge in [0.25, 0.3) is 5.56 Å². The van der Waals surface area contributed by atoms with Crippen LogP contribution in [0.2, 0.25) is 0 Å². The Morgan fingerprint density at radius 1 is 1.03 bits per heavy atom. The molecule has 0 unspecified atom stereocenters. The number of benzene rings is 2. The Bertz CT molecular complexity index is 1310. The van der Waals surface area contributed by atoms with Crippen LogP contribution in [0, 0.1) is 6.92 Å². The lowest BCUT2D eigenvalue weighted by Gasteiger charge is -2.08. The molecule has 0 spiro atoms. The van der Waals surface area contributed by atoms with Crippen LogP contribution in [0.25, 0.3) is 5.69 Å². The Morgan fingerprint density at radius 2 is 1.70 bits per heavy atom. The predicted octanol–water partition coefficient (Wildman–Crippen LogP) is 3.42. The van der Waals surface area contributed by atoms with E-state index in [0.29, 0.717) is 23.8 Å². The number of hydrogen-bond donors (Lipinski definition) is 1. The topological polar surface area (TPSA) is 86.7 Å². The van der Waals surface area contributed by atoms with Crippen LogP contribution in [0.4, 0.5) is 5.69 Å². The van der Waals surface area contributed by atoms with Crippen LogP contribution in [0.3, 0.4) is 0 Å². The molecule has 0 radical (unpaired) electrons. The van der Waals surface area contributed by atoms with E-state index in [1.807, 2.05) is 66.9 Å². The summed E-state index contributed by atoms with van der Waals surface area (Å²) in [6, 6.07) is 19.4. The number of nitrogens with one attached hydrogen (secondary N) is 1. The van der Waals surface area contributed by atoms with Crippen molar-refractivity contribution in [2.75, 3.05) is 11.1 Å². The summed E-state index contributed by atoms with van der Waals surface area (Å²) in [5.74, 6) is 0.722. The van der Waals surface area contributed by atoms with Gasteiger partial charge in [-0.25, -0.2) is 4.68 Å². The fraction of sp³-hybridized carbons (Fsp3) is 0.250. The van der Waals surface area contributed by atoms with Gasteiger partial charge in [0.15, 0.2) is 5.16 Å². The standard InChI is InChI=1S/C24H26N6O2S/c1-4-29-20(15-18-11-7-5-8-12-18)26-27-24(29)33-16-21(31)25-22-17(2)28(3)30(23(22)32)19-13-9-6-10-14-19/h5-14H,4,15-16H2,1-3H3,(H,25,31). The van der Waals surface area contributed by atoms with Crippen molar-refractivity contribution < 1.29 is 4.79 Å². The van der Waals surface area contributed by atoms with Crippen molar-refractivity contribution in [3.05, 3.63) is 88.1 Å². The molecule has 2 aromatic carbocycles. The van der Waals surface area contributed by atoms with Gasteiger partial charge in [-0.05, 0) is 31.5 Å². The number of rotatable bonds is 8. The van der Waals surface area contributed by atoms with E-state index in [9.17, 15) is 9.59 Å². The number of amides is 1. The Balaban J connectivity index is 1.46. The summed E-state index contributed by atoms with van der Waals surface area (Å²) < 4.78 is 5.30. The molecule has 0 atom stereocenters. The molecule has 0 aliphatic rings. The number of nitrogens with zero attached hydrogens (tertiary/aromatic N) is 5. The fourth-order valence-electron chi connectivity index (χ4n) is 3.67. The maximum atomic E-state index is 13.0. The van der Waals surface area contributed by atoms with Gasteiger partial charge in [0.1, 0.15) is 11.5 Å². The van der Waals surface area contributed by atoms with Gasteiger partial charge in [0, 0.05) is 20.0 Å². The van der Waals surface area contributed by atoms with E-state index in [4.69, 9.17) is 0 Å². The minimum absolute atomic E-state index is 0.128. The van der Waals surface area contributed by atoms with Crippen molar-refractivity contribution in [3.8, 4) is 5.69 Å². The molecule has 4 aromatic rings. The zero-order valence-electron chi connectivity index (χ0n) is 18.9. The molecule has 33 heavy (non-hydrogen) atoms. The number of thioether (sulfide) groups is 1. The average molecular weight is 463 g/mol. The smallest absolute Gasteiger partial charge is 0.295 e. The van der Waals surface area contributed by atoms with Crippen LogP contribution >= 0.6 is 11.8 Å². The molecular formula is C24H26N6O2S. The summed E-state index contributed by atoms with van der Waals surface area (Å²) in [6.07, 6.45) is 0.677. The molecule has 2 heterocycles. The minimum Gasteiger partial charge on any atom is -0.319 e. The molecule has 0 saturated carbocycles. The van der Waals surface area contributed by atoms with Gasteiger partial charge in [-0.3, -0.25) is 14.3 Å². The van der Waals surface area contributed by atoms with Gasteiger partial charge < -0.3 is 9.88 Å². The fourth-order valence-corrected chi connectivity index (χ4v) is 4.49. The maximum Gasteiger partial charge on any atom is 0.295 e. The molecule has 0 aliphatic heterocycles. The number of anilines is 1. The first kappa shape index (κ1) is 22.6. The molecule has 0 saturated heterocycles. The van der Waals surface area contributed by atoms with Gasteiger partial charge in [-0.15, -0.1) is 10.2 Å². The Morgan fingerprint density at radius 3 is 2.36 bits per heavy atom. The highest BCUT2D eigenvalue weighted by Crippen LogP contribution is 2.20. The first-order valence-electron chi connectivity index (χ1n) is 10.7. The van der Waals surface area contributed by atoms with E-state index >= 15 is 0 Å². The average Bonchev–Trinajstić information content (AvgIpc) is 3.31. The Hall–Kier alpha value is -3.59. The zero-order valence-corrected chi connectivity index (χ0v) is 19.7. The van der Waals surface area contributed by atoms with E-state index < -0.39 is 0 Å². The summed E-state index contributed by atoms with van der Waals surface area (Å²) in [6.45, 7) is 4.55. The molecular weight excluding hydrogens is 436 g/mol. The second-order valence-electron chi connectivity index (χ2n) is 7.58. The first-order chi connectivity index (χ1) is 16.0. The van der Waals surface area contributed by atoms with Crippen LogP contribution in [0.1, 0.15) is 24.0 Å². The highest BCUT2D eigenvalue weighted by molar-refractivity contribution is 7.99. The minimum atomic E-state index is -0.263. The number of aromatic nitrogens is 5. The molecule has 8 nitrogen and oxygen atoms in total. The lowest BCUT2D eigenvalue weighted by atomic mass is 10.1. The number of para-hydroxylation sites is 1. The molecule has 4 rings (SSSR count). The molecule has 0 bridgehead atoms. The molecule has 1 amide bonds. The monoisotopic (exact) mass is 462 g/mol. The summed E-state index contributed by atoms with van der Waals surface area (Å²) in [5.41, 5.74) is 2.60. The van der Waals surface area contributed by atoms with Crippen LogP contribution in [-0.4, -0.2) is 35.8 Å². The summed E-state index contributed by atoms with van der Waals surface area (Å²) in [5, 5.41) is 12.1.